The van der Waals surface area contributed by atoms with Crippen molar-refractivity contribution in [3.05, 3.63) is 23.7 Å². The van der Waals surface area contributed by atoms with E-state index < -0.39 is 0 Å². The van der Waals surface area contributed by atoms with Crippen molar-refractivity contribution in [3.8, 4) is 0 Å². The number of anilines is 1. The van der Waals surface area contributed by atoms with Gasteiger partial charge < -0.3 is 15.8 Å². The molecule has 2 aromatic rings. The zero-order chi connectivity index (χ0) is 11.4. The van der Waals surface area contributed by atoms with Crippen LogP contribution in [0, 0.1) is 0 Å². The topological polar surface area (TPSA) is 60.2 Å². The Kier molecular flexibility index (Phi) is 3.71. The number of ether oxygens (including phenoxy) is 1. The number of pyridine rings is 1. The molecule has 1 unspecified atom stereocenters. The van der Waals surface area contributed by atoms with Crippen LogP contribution in [-0.4, -0.2) is 31.3 Å². The highest BCUT2D eigenvalue weighted by molar-refractivity contribution is 7.17. The molecule has 0 fully saturated rings. The molecular weight excluding hydrogens is 222 g/mol. The Morgan fingerprint density at radius 2 is 2.44 bits per heavy atom. The largest absolute Gasteiger partial charge is 0.383 e. The molecule has 0 radical (unpaired) electrons. The van der Waals surface area contributed by atoms with E-state index in [-0.39, 0.29) is 6.04 Å². The summed E-state index contributed by atoms with van der Waals surface area (Å²) < 4.78 is 6.32. The van der Waals surface area contributed by atoms with Crippen LogP contribution >= 0.6 is 11.3 Å². The fraction of sp³-hybridized carbons (Fsp3) is 0.364. The number of rotatable bonds is 5. The van der Waals surface area contributed by atoms with Crippen LogP contribution in [0.1, 0.15) is 0 Å². The lowest BCUT2D eigenvalue weighted by atomic mass is 10.2. The van der Waals surface area contributed by atoms with Crippen molar-refractivity contribution < 1.29 is 4.74 Å². The molecule has 0 amide bonds. The lowest BCUT2D eigenvalue weighted by Crippen LogP contribution is -2.33. The van der Waals surface area contributed by atoms with Gasteiger partial charge >= 0.3 is 0 Å². The first kappa shape index (κ1) is 11.3. The van der Waals surface area contributed by atoms with Crippen molar-refractivity contribution in [2.45, 2.75) is 6.04 Å². The Labute approximate surface area is 98.4 Å². The third-order valence-corrected chi connectivity index (χ3v) is 3.26. The highest BCUT2D eigenvalue weighted by Crippen LogP contribution is 2.25. The molecule has 0 saturated heterocycles. The lowest BCUT2D eigenvalue weighted by Gasteiger charge is -2.16. The van der Waals surface area contributed by atoms with E-state index in [0.717, 1.165) is 11.2 Å². The maximum atomic E-state index is 5.66. The number of hydrogen-bond donors (Lipinski definition) is 2. The fourth-order valence-corrected chi connectivity index (χ4v) is 2.35. The van der Waals surface area contributed by atoms with Crippen LogP contribution in [0.3, 0.4) is 0 Å². The Hall–Kier alpha value is -1.17. The molecule has 2 aromatic heterocycles. The number of nitrogens with one attached hydrogen (secondary N) is 1. The van der Waals surface area contributed by atoms with Gasteiger partial charge in [-0.3, -0.25) is 0 Å². The minimum atomic E-state index is 0.1000. The lowest BCUT2D eigenvalue weighted by molar-refractivity contribution is 0.187. The summed E-state index contributed by atoms with van der Waals surface area (Å²) in [5.74, 6) is 0.881. The summed E-state index contributed by atoms with van der Waals surface area (Å²) in [6, 6.07) is 4.18. The number of aromatic nitrogens is 1. The average molecular weight is 237 g/mol. The number of hydrogen-bond acceptors (Lipinski definition) is 5. The molecular formula is C11H15N3OS. The average Bonchev–Trinajstić information content (AvgIpc) is 2.77. The van der Waals surface area contributed by atoms with Crippen LogP contribution in [0.15, 0.2) is 23.7 Å². The van der Waals surface area contributed by atoms with Gasteiger partial charge in [-0.25, -0.2) is 4.98 Å². The van der Waals surface area contributed by atoms with Crippen LogP contribution in [0.5, 0.6) is 0 Å². The summed E-state index contributed by atoms with van der Waals surface area (Å²) in [5.41, 5.74) is 5.66. The summed E-state index contributed by atoms with van der Waals surface area (Å²) in [5, 5.41) is 6.51. The first-order valence-corrected chi connectivity index (χ1v) is 6.01. The van der Waals surface area contributed by atoms with Crippen LogP contribution < -0.4 is 11.1 Å². The summed E-state index contributed by atoms with van der Waals surface area (Å²) in [6.45, 7) is 1.11. The number of fused-ring (bicyclic) bond motifs is 1. The van der Waals surface area contributed by atoms with Gasteiger partial charge in [0.15, 0.2) is 0 Å². The van der Waals surface area contributed by atoms with Gasteiger partial charge in [0.1, 0.15) is 5.82 Å². The summed E-state index contributed by atoms with van der Waals surface area (Å²) >= 11 is 1.71. The predicted molar refractivity (Wildman–Crippen MR) is 68.0 cm³/mol. The van der Waals surface area contributed by atoms with Gasteiger partial charge in [0.25, 0.3) is 0 Å². The van der Waals surface area contributed by atoms with Crippen molar-refractivity contribution in [2.24, 2.45) is 5.73 Å². The van der Waals surface area contributed by atoms with E-state index in [9.17, 15) is 0 Å². The number of nitrogens with zero attached hydrogens (tertiary/aromatic N) is 1. The predicted octanol–water partition coefficient (Wildman–Crippen LogP) is 1.68. The molecule has 0 spiro atoms. The molecule has 2 rings (SSSR count). The van der Waals surface area contributed by atoms with Crippen LogP contribution in [0.4, 0.5) is 5.82 Å². The Balaban J connectivity index is 2.22. The molecule has 0 aliphatic carbocycles. The zero-order valence-electron chi connectivity index (χ0n) is 9.14. The minimum absolute atomic E-state index is 0.1000. The molecule has 5 heteroatoms. The first-order valence-electron chi connectivity index (χ1n) is 5.13. The molecule has 0 aromatic carbocycles. The van der Waals surface area contributed by atoms with E-state index >= 15 is 0 Å². The van der Waals surface area contributed by atoms with E-state index in [1.165, 1.54) is 4.70 Å². The molecule has 16 heavy (non-hydrogen) atoms. The highest BCUT2D eigenvalue weighted by Gasteiger charge is 2.09. The quantitative estimate of drug-likeness (QED) is 0.830. The van der Waals surface area contributed by atoms with E-state index in [4.69, 9.17) is 10.5 Å². The molecule has 1 atom stereocenters. The Bertz CT molecular complexity index is 457. The summed E-state index contributed by atoms with van der Waals surface area (Å²) in [4.78, 5) is 4.33. The van der Waals surface area contributed by atoms with Crippen LogP contribution in [0.25, 0.3) is 10.1 Å². The van der Waals surface area contributed by atoms with E-state index in [2.05, 4.69) is 21.7 Å². The maximum Gasteiger partial charge on any atom is 0.135 e. The van der Waals surface area contributed by atoms with Crippen molar-refractivity contribution >= 4 is 27.2 Å². The van der Waals surface area contributed by atoms with Crippen molar-refractivity contribution in [1.82, 2.24) is 4.98 Å². The van der Waals surface area contributed by atoms with Gasteiger partial charge in [-0.05, 0) is 17.5 Å². The smallest absolute Gasteiger partial charge is 0.135 e. The molecule has 0 bridgehead atoms. The number of nitrogens with two attached hydrogens (primary N) is 1. The van der Waals surface area contributed by atoms with Gasteiger partial charge in [0, 0.05) is 29.9 Å². The third kappa shape index (κ3) is 2.32. The Morgan fingerprint density at radius 3 is 3.19 bits per heavy atom. The second kappa shape index (κ2) is 5.25. The monoisotopic (exact) mass is 237 g/mol. The fourth-order valence-electron chi connectivity index (χ4n) is 1.57. The number of methoxy groups -OCH3 is 1. The third-order valence-electron chi connectivity index (χ3n) is 2.37. The second-order valence-corrected chi connectivity index (χ2v) is 4.47. The van der Waals surface area contributed by atoms with Gasteiger partial charge in [0.2, 0.25) is 0 Å². The first-order chi connectivity index (χ1) is 7.85. The molecule has 3 N–H and O–H groups in total. The molecule has 2 heterocycles. The van der Waals surface area contributed by atoms with Crippen molar-refractivity contribution in [1.29, 1.82) is 0 Å². The SMILES string of the molecule is COCC(CN)Nc1nccc2sccc12. The maximum absolute atomic E-state index is 5.66. The minimum Gasteiger partial charge on any atom is -0.383 e. The van der Waals surface area contributed by atoms with Crippen molar-refractivity contribution in [2.75, 3.05) is 25.6 Å². The molecule has 0 saturated carbocycles. The van der Waals surface area contributed by atoms with Crippen molar-refractivity contribution in [3.63, 3.8) is 0 Å². The summed E-state index contributed by atoms with van der Waals surface area (Å²) in [7, 11) is 1.67. The van der Waals surface area contributed by atoms with E-state index in [0.29, 0.717) is 13.2 Å². The van der Waals surface area contributed by atoms with E-state index in [1.54, 1.807) is 18.4 Å². The molecule has 86 valence electrons. The van der Waals surface area contributed by atoms with Gasteiger partial charge in [-0.1, -0.05) is 0 Å². The number of thiophene rings is 1. The molecule has 0 aliphatic heterocycles. The molecule has 4 nitrogen and oxygen atoms in total. The second-order valence-electron chi connectivity index (χ2n) is 3.52. The zero-order valence-corrected chi connectivity index (χ0v) is 9.96. The van der Waals surface area contributed by atoms with Crippen LogP contribution in [-0.2, 0) is 4.74 Å². The van der Waals surface area contributed by atoms with Crippen LogP contribution in [0.2, 0.25) is 0 Å². The standard InChI is InChI=1S/C11H15N3OS/c1-15-7-8(6-12)14-11-9-3-5-16-10(9)2-4-13-11/h2-5,8H,6-7,12H2,1H3,(H,13,14). The Morgan fingerprint density at radius 1 is 1.56 bits per heavy atom. The summed E-state index contributed by atoms with van der Waals surface area (Å²) in [6.07, 6.45) is 1.81. The van der Waals surface area contributed by atoms with Gasteiger partial charge in [0.05, 0.1) is 12.6 Å². The molecule has 0 aliphatic rings. The van der Waals surface area contributed by atoms with E-state index in [1.807, 2.05) is 12.3 Å². The van der Waals surface area contributed by atoms with Gasteiger partial charge in [-0.15, -0.1) is 11.3 Å². The highest BCUT2D eigenvalue weighted by atomic mass is 32.1. The normalized spacial score (nSPS) is 12.9. The van der Waals surface area contributed by atoms with Gasteiger partial charge in [-0.2, -0.15) is 0 Å².